The quantitative estimate of drug-likeness (QED) is 0.204. The molecule has 3 heterocycles. The highest BCUT2D eigenvalue weighted by Gasteiger charge is 2.43. The van der Waals surface area contributed by atoms with Crippen molar-refractivity contribution in [1.29, 1.82) is 0 Å². The molecule has 1 aliphatic heterocycles. The molecule has 7 rings (SSSR count). The molecule has 196 valence electrons. The molecule has 0 fully saturated rings. The first kappa shape index (κ1) is 25.4. The highest BCUT2D eigenvalue weighted by atomic mass is 32.0. The van der Waals surface area contributed by atoms with Gasteiger partial charge in [-0.3, -0.25) is 0 Å². The summed E-state index contributed by atoms with van der Waals surface area (Å²) in [6.07, 6.45) is 0. The van der Waals surface area contributed by atoms with Crippen molar-refractivity contribution in [3.05, 3.63) is 165 Å². The first-order valence-electron chi connectivity index (χ1n) is 14.2. The molecule has 0 nitrogen and oxygen atoms in total. The average Bonchev–Trinajstić information content (AvgIpc) is 3.43. The second-order valence-electron chi connectivity index (χ2n) is 11.1. The van der Waals surface area contributed by atoms with Crippen LogP contribution < -0.4 is 0 Å². The Labute approximate surface area is 240 Å². The van der Waals surface area contributed by atoms with E-state index in [9.17, 15) is 0 Å². The van der Waals surface area contributed by atoms with Gasteiger partial charge in [0.15, 0.2) is 0 Å². The minimum Gasteiger partial charge on any atom is -0.0630 e. The predicted molar refractivity (Wildman–Crippen MR) is 175 cm³/mol. The van der Waals surface area contributed by atoms with Crippen LogP contribution in [-0.4, -0.2) is 0 Å². The third-order valence-electron chi connectivity index (χ3n) is 9.02. The molecule has 0 N–H and O–H groups in total. The van der Waals surface area contributed by atoms with Crippen LogP contribution in [-0.2, 0) is 0 Å². The van der Waals surface area contributed by atoms with Crippen molar-refractivity contribution in [1.82, 2.24) is 0 Å². The van der Waals surface area contributed by atoms with Crippen molar-refractivity contribution in [2.24, 2.45) is 0 Å². The largest absolute Gasteiger partial charge is 0.0630 e. The minimum atomic E-state index is -0.566. The first-order valence-corrected chi connectivity index (χ1v) is 17.6. The van der Waals surface area contributed by atoms with Crippen LogP contribution in [0.1, 0.15) is 55.8 Å². The van der Waals surface area contributed by atoms with Crippen molar-refractivity contribution in [2.45, 2.75) is 39.5 Å². The molecule has 2 aromatic heterocycles. The summed E-state index contributed by atoms with van der Waals surface area (Å²) in [6.45, 7) is 9.62. The molecule has 0 spiro atoms. The lowest BCUT2D eigenvalue weighted by atomic mass is 9.77. The van der Waals surface area contributed by atoms with Crippen LogP contribution in [0.15, 0.2) is 121 Å². The SMILES string of the molecule is Cc1c(C)c2p(c1-c1ccccc1)-p1c(-c3ccccc3)c(C)c(C)c1[C@@H](c1ccccc1)[C@@H]2c1ccccc1. The molecule has 0 saturated heterocycles. The molecule has 0 bridgehead atoms. The lowest BCUT2D eigenvalue weighted by Gasteiger charge is -2.36. The van der Waals surface area contributed by atoms with Crippen molar-refractivity contribution in [2.75, 3.05) is 0 Å². The molecule has 0 aliphatic carbocycles. The van der Waals surface area contributed by atoms with Gasteiger partial charge < -0.3 is 0 Å². The standard InChI is InChI=1S/C38H34P2/c1-25-27(3)37-33(29-17-9-5-10-18-29)34(30-19-11-6-12-20-30)38-28(4)26(2)36(32-23-15-8-16-24-32)40(38)39(37)35(25)31-21-13-7-14-22-31/h5-24,33-34H,1-4H3/t33-,34-,39?,40?/m0/s1. The van der Waals surface area contributed by atoms with Crippen molar-refractivity contribution in [3.63, 3.8) is 0 Å². The molecule has 2 heteroatoms. The molecule has 0 radical (unpaired) electrons. The van der Waals surface area contributed by atoms with Crippen LogP contribution in [0.5, 0.6) is 0 Å². The Kier molecular flexibility index (Phi) is 6.43. The molecular formula is C38H34P2. The van der Waals surface area contributed by atoms with Crippen LogP contribution in [0.4, 0.5) is 0 Å². The van der Waals surface area contributed by atoms with E-state index in [0.29, 0.717) is 11.8 Å². The lowest BCUT2D eigenvalue weighted by Crippen LogP contribution is -2.16. The maximum absolute atomic E-state index is 2.42. The average molecular weight is 553 g/mol. The van der Waals surface area contributed by atoms with Gasteiger partial charge in [-0.05, 0) is 82.8 Å². The summed E-state index contributed by atoms with van der Waals surface area (Å²) < 4.78 is 0. The van der Waals surface area contributed by atoms with Crippen LogP contribution >= 0.6 is 14.4 Å². The molecule has 6 aromatic rings. The minimum absolute atomic E-state index is 0.331. The second kappa shape index (κ2) is 10.1. The van der Waals surface area contributed by atoms with Crippen LogP contribution in [0.2, 0.25) is 0 Å². The fraction of sp³-hybridized carbons (Fsp3) is 0.158. The molecule has 0 amide bonds. The maximum atomic E-state index is 2.42. The van der Waals surface area contributed by atoms with E-state index in [1.54, 1.807) is 21.2 Å². The van der Waals surface area contributed by atoms with Crippen molar-refractivity contribution >= 4 is 14.4 Å². The summed E-state index contributed by atoms with van der Waals surface area (Å²) in [6, 6.07) is 45.3. The summed E-state index contributed by atoms with van der Waals surface area (Å²) in [5.74, 6) is 0.662. The maximum Gasteiger partial charge on any atom is 0.0249 e. The van der Waals surface area contributed by atoms with Crippen molar-refractivity contribution in [3.8, 4) is 21.7 Å². The Balaban J connectivity index is 1.68. The number of fused-ring (bicyclic) bond motifs is 3. The monoisotopic (exact) mass is 552 g/mol. The summed E-state index contributed by atoms with van der Waals surface area (Å²) in [4.78, 5) is 0. The first-order chi connectivity index (χ1) is 19.6. The van der Waals surface area contributed by atoms with Crippen molar-refractivity contribution < 1.29 is 0 Å². The van der Waals surface area contributed by atoms with E-state index in [0.717, 1.165) is 0 Å². The molecule has 4 aromatic carbocycles. The van der Waals surface area contributed by atoms with Crippen LogP contribution in [0.25, 0.3) is 21.7 Å². The highest BCUT2D eigenvalue weighted by Crippen LogP contribution is 2.80. The van der Waals surface area contributed by atoms with E-state index in [1.165, 1.54) is 44.5 Å². The zero-order chi connectivity index (χ0) is 27.4. The Hall–Kier alpha value is -3.56. The molecule has 0 saturated carbocycles. The van der Waals surface area contributed by atoms with Gasteiger partial charge >= 0.3 is 0 Å². The van der Waals surface area contributed by atoms with Gasteiger partial charge in [0.1, 0.15) is 0 Å². The third kappa shape index (κ3) is 3.82. The molecule has 1 aliphatic rings. The lowest BCUT2D eigenvalue weighted by molar-refractivity contribution is 0.706. The summed E-state index contributed by atoms with van der Waals surface area (Å²) in [5.41, 5.74) is 11.7. The van der Waals surface area contributed by atoms with Crippen LogP contribution in [0, 0.1) is 27.7 Å². The number of benzene rings is 4. The van der Waals surface area contributed by atoms with E-state index >= 15 is 0 Å². The van der Waals surface area contributed by atoms with Gasteiger partial charge in [0.25, 0.3) is 0 Å². The van der Waals surface area contributed by atoms with Gasteiger partial charge in [0.05, 0.1) is 0 Å². The molecular weight excluding hydrogens is 518 g/mol. The van der Waals surface area contributed by atoms with Gasteiger partial charge in [-0.2, -0.15) is 0 Å². The third-order valence-corrected chi connectivity index (χ3v) is 17.3. The fourth-order valence-corrected chi connectivity index (χ4v) is 17.9. The summed E-state index contributed by atoms with van der Waals surface area (Å²) >= 11 is 0. The Morgan fingerprint density at radius 3 is 1.00 bits per heavy atom. The highest BCUT2D eigenvalue weighted by molar-refractivity contribution is 8.25. The molecule has 2 unspecified atom stereocenters. The summed E-state index contributed by atoms with van der Waals surface area (Å²) in [5, 5.41) is 6.62. The van der Waals surface area contributed by atoms with Gasteiger partial charge in [-0.15, -0.1) is 0 Å². The Bertz CT molecular complexity index is 1670. The van der Waals surface area contributed by atoms with Gasteiger partial charge in [-0.1, -0.05) is 136 Å². The van der Waals surface area contributed by atoms with Gasteiger partial charge in [0.2, 0.25) is 0 Å². The number of hydrogen-bond donors (Lipinski definition) is 0. The number of hydrogen-bond acceptors (Lipinski definition) is 0. The normalized spacial score (nSPS) is 16.9. The van der Waals surface area contributed by atoms with Crippen LogP contribution in [0.3, 0.4) is 0 Å². The zero-order valence-electron chi connectivity index (χ0n) is 23.6. The second-order valence-corrected chi connectivity index (χ2v) is 16.6. The van der Waals surface area contributed by atoms with Gasteiger partial charge in [0, 0.05) is 22.4 Å². The Morgan fingerprint density at radius 1 is 0.375 bits per heavy atom. The Morgan fingerprint density at radius 2 is 0.675 bits per heavy atom. The molecule has 4 atom stereocenters. The summed E-state index contributed by atoms with van der Waals surface area (Å²) in [7, 11) is -1.13. The van der Waals surface area contributed by atoms with E-state index in [-0.39, 0.29) is 0 Å². The predicted octanol–water partition coefficient (Wildman–Crippen LogP) is 11.8. The number of rotatable bonds is 4. The van der Waals surface area contributed by atoms with E-state index in [2.05, 4.69) is 149 Å². The topological polar surface area (TPSA) is 0 Å². The zero-order valence-corrected chi connectivity index (χ0v) is 25.4. The van der Waals surface area contributed by atoms with Gasteiger partial charge in [-0.25, -0.2) is 0 Å². The van der Waals surface area contributed by atoms with E-state index in [1.807, 2.05) is 0 Å². The smallest absolute Gasteiger partial charge is 0.0249 e. The molecule has 40 heavy (non-hydrogen) atoms. The fourth-order valence-electron chi connectivity index (χ4n) is 6.97. The van der Waals surface area contributed by atoms with E-state index < -0.39 is 14.4 Å². The van der Waals surface area contributed by atoms with E-state index in [4.69, 9.17) is 0 Å².